The molecule has 5 nitrogen and oxygen atoms in total. The molecule has 3 N–H and O–H groups in total. The molecule has 1 aliphatic heterocycles. The fraction of sp³-hybridized carbons (Fsp3) is 0.654. The molecule has 2 bridgehead atoms. The molecule has 2 fully saturated rings. The summed E-state index contributed by atoms with van der Waals surface area (Å²) in [5.74, 6) is 0.809. The molecule has 3 aliphatic rings. The standard InChI is InChI=1S/C26H36N2O3/c1-2-25(14-18-8-10-26(31,9-5-11-29)19(12-18)15-25)24(30)13-22-20-6-3-4-7-21(20)23-16-27-17-28(22)23/h3-4,6-7,16-19,22,24,29-31H,2,5,8-15H2,1H3. The molecule has 2 saturated carbocycles. The van der Waals surface area contributed by atoms with E-state index in [0.29, 0.717) is 25.2 Å². The average molecular weight is 425 g/mol. The van der Waals surface area contributed by atoms with Crippen molar-refractivity contribution >= 4 is 0 Å². The van der Waals surface area contributed by atoms with Crippen LogP contribution in [0.2, 0.25) is 0 Å². The highest BCUT2D eigenvalue weighted by Crippen LogP contribution is 2.57. The molecule has 1 aromatic heterocycles. The first-order valence-electron chi connectivity index (χ1n) is 12.1. The van der Waals surface area contributed by atoms with E-state index in [-0.39, 0.29) is 24.0 Å². The van der Waals surface area contributed by atoms with Crippen molar-refractivity contribution in [3.05, 3.63) is 42.4 Å². The molecule has 6 unspecified atom stereocenters. The Balaban J connectivity index is 1.40. The predicted molar refractivity (Wildman–Crippen MR) is 120 cm³/mol. The zero-order chi connectivity index (χ0) is 21.6. The van der Waals surface area contributed by atoms with Crippen molar-refractivity contribution in [1.82, 2.24) is 9.55 Å². The van der Waals surface area contributed by atoms with Crippen molar-refractivity contribution in [2.75, 3.05) is 6.61 Å². The number of aromatic nitrogens is 2. The van der Waals surface area contributed by atoms with Gasteiger partial charge >= 0.3 is 0 Å². The second-order valence-electron chi connectivity index (χ2n) is 10.4. The summed E-state index contributed by atoms with van der Waals surface area (Å²) in [4.78, 5) is 4.37. The molecule has 0 spiro atoms. The number of fused-ring (bicyclic) bond motifs is 5. The van der Waals surface area contributed by atoms with Gasteiger partial charge in [-0.25, -0.2) is 4.98 Å². The van der Waals surface area contributed by atoms with Gasteiger partial charge in [-0.2, -0.15) is 0 Å². The topological polar surface area (TPSA) is 78.5 Å². The number of rotatable bonds is 7. The van der Waals surface area contributed by atoms with Crippen molar-refractivity contribution in [1.29, 1.82) is 0 Å². The van der Waals surface area contributed by atoms with Gasteiger partial charge in [0.2, 0.25) is 0 Å². The van der Waals surface area contributed by atoms with Gasteiger partial charge in [0.25, 0.3) is 0 Å². The van der Waals surface area contributed by atoms with E-state index >= 15 is 0 Å². The van der Waals surface area contributed by atoms with E-state index in [9.17, 15) is 15.3 Å². The van der Waals surface area contributed by atoms with Crippen LogP contribution in [0.5, 0.6) is 0 Å². The Morgan fingerprint density at radius 2 is 2.10 bits per heavy atom. The Hall–Kier alpha value is -1.69. The lowest BCUT2D eigenvalue weighted by Crippen LogP contribution is -2.53. The van der Waals surface area contributed by atoms with Crippen LogP contribution in [0, 0.1) is 17.3 Å². The molecule has 31 heavy (non-hydrogen) atoms. The first kappa shape index (κ1) is 21.2. The first-order valence-corrected chi connectivity index (χ1v) is 12.1. The number of aliphatic hydroxyl groups excluding tert-OH is 2. The smallest absolute Gasteiger partial charge is 0.0956 e. The maximum Gasteiger partial charge on any atom is 0.0956 e. The quantitative estimate of drug-likeness (QED) is 0.619. The Kier molecular flexibility index (Phi) is 5.48. The van der Waals surface area contributed by atoms with Crippen LogP contribution in [-0.2, 0) is 0 Å². The largest absolute Gasteiger partial charge is 0.396 e. The highest BCUT2D eigenvalue weighted by molar-refractivity contribution is 5.68. The summed E-state index contributed by atoms with van der Waals surface area (Å²) in [5, 5.41) is 32.5. The van der Waals surface area contributed by atoms with Gasteiger partial charge in [-0.05, 0) is 80.6 Å². The number of benzene rings is 1. The third-order valence-corrected chi connectivity index (χ3v) is 8.93. The van der Waals surface area contributed by atoms with Gasteiger partial charge in [0.1, 0.15) is 0 Å². The van der Waals surface area contributed by atoms with Crippen molar-refractivity contribution in [3.8, 4) is 11.3 Å². The molecule has 0 amide bonds. The van der Waals surface area contributed by atoms with Crippen molar-refractivity contribution in [2.45, 2.75) is 82.5 Å². The highest BCUT2D eigenvalue weighted by atomic mass is 16.3. The molecule has 2 aliphatic carbocycles. The van der Waals surface area contributed by atoms with E-state index in [1.165, 1.54) is 11.1 Å². The van der Waals surface area contributed by atoms with Gasteiger partial charge in [-0.3, -0.25) is 0 Å². The van der Waals surface area contributed by atoms with Crippen molar-refractivity contribution in [2.24, 2.45) is 17.3 Å². The Morgan fingerprint density at radius 3 is 2.90 bits per heavy atom. The summed E-state index contributed by atoms with van der Waals surface area (Å²) in [6, 6.07) is 8.60. The summed E-state index contributed by atoms with van der Waals surface area (Å²) in [7, 11) is 0. The minimum Gasteiger partial charge on any atom is -0.396 e. The molecule has 5 rings (SSSR count). The van der Waals surface area contributed by atoms with E-state index in [0.717, 1.165) is 44.2 Å². The lowest BCUT2D eigenvalue weighted by atomic mass is 9.53. The van der Waals surface area contributed by atoms with Gasteiger partial charge in [-0.15, -0.1) is 0 Å². The maximum absolute atomic E-state index is 11.7. The van der Waals surface area contributed by atoms with Gasteiger partial charge < -0.3 is 19.9 Å². The fourth-order valence-corrected chi connectivity index (χ4v) is 7.15. The SMILES string of the molecule is CCC1(C(O)CC2c3ccccc3-c3cncn32)CC2CCC(O)(CCCO)C(C2)C1. The number of imidazole rings is 1. The van der Waals surface area contributed by atoms with E-state index in [4.69, 9.17) is 0 Å². The summed E-state index contributed by atoms with van der Waals surface area (Å²) in [6.45, 7) is 2.34. The molecule has 6 atom stereocenters. The molecule has 2 aromatic rings. The van der Waals surface area contributed by atoms with Crippen LogP contribution >= 0.6 is 0 Å². The van der Waals surface area contributed by atoms with Crippen LogP contribution < -0.4 is 0 Å². The molecule has 2 heterocycles. The van der Waals surface area contributed by atoms with Crippen LogP contribution in [0.4, 0.5) is 0 Å². The summed E-state index contributed by atoms with van der Waals surface area (Å²) in [6.07, 6.45) is 11.2. The first-order chi connectivity index (χ1) is 15.0. The van der Waals surface area contributed by atoms with Gasteiger partial charge in [0.15, 0.2) is 0 Å². The van der Waals surface area contributed by atoms with E-state index < -0.39 is 11.7 Å². The summed E-state index contributed by atoms with van der Waals surface area (Å²) in [5.41, 5.74) is 2.80. The Morgan fingerprint density at radius 1 is 1.26 bits per heavy atom. The maximum atomic E-state index is 11.7. The summed E-state index contributed by atoms with van der Waals surface area (Å²) >= 11 is 0. The molecule has 5 heteroatoms. The predicted octanol–water partition coefficient (Wildman–Crippen LogP) is 4.31. The lowest BCUT2D eigenvalue weighted by Gasteiger charge is -2.55. The van der Waals surface area contributed by atoms with Crippen LogP contribution in [0.3, 0.4) is 0 Å². The van der Waals surface area contributed by atoms with Gasteiger partial charge in [-0.1, -0.05) is 31.2 Å². The average Bonchev–Trinajstić information content (AvgIpc) is 3.38. The normalized spacial score (nSPS) is 34.9. The highest BCUT2D eigenvalue weighted by Gasteiger charge is 2.53. The van der Waals surface area contributed by atoms with E-state index in [2.05, 4.69) is 40.7 Å². The molecule has 0 saturated heterocycles. The third kappa shape index (κ3) is 3.46. The van der Waals surface area contributed by atoms with Crippen LogP contribution in [-0.4, -0.2) is 43.2 Å². The minimum absolute atomic E-state index is 0.113. The molecule has 168 valence electrons. The Labute approximate surface area is 185 Å². The molecule has 0 radical (unpaired) electrons. The van der Waals surface area contributed by atoms with Gasteiger partial charge in [0.05, 0.1) is 36.0 Å². The number of hydrogen-bond acceptors (Lipinski definition) is 4. The third-order valence-electron chi connectivity index (χ3n) is 8.93. The monoisotopic (exact) mass is 424 g/mol. The van der Waals surface area contributed by atoms with Gasteiger partial charge in [0, 0.05) is 12.2 Å². The minimum atomic E-state index is -0.683. The van der Waals surface area contributed by atoms with E-state index in [1.807, 2.05) is 12.5 Å². The second kappa shape index (κ2) is 8.02. The van der Waals surface area contributed by atoms with Crippen molar-refractivity contribution in [3.63, 3.8) is 0 Å². The van der Waals surface area contributed by atoms with Crippen LogP contribution in [0.1, 0.15) is 76.3 Å². The summed E-state index contributed by atoms with van der Waals surface area (Å²) < 4.78 is 2.22. The zero-order valence-electron chi connectivity index (χ0n) is 18.6. The fourth-order valence-electron chi connectivity index (χ4n) is 7.15. The van der Waals surface area contributed by atoms with E-state index in [1.54, 1.807) is 0 Å². The van der Waals surface area contributed by atoms with Crippen molar-refractivity contribution < 1.29 is 15.3 Å². The zero-order valence-corrected chi connectivity index (χ0v) is 18.6. The number of aliphatic hydroxyl groups is 3. The van der Waals surface area contributed by atoms with Crippen LogP contribution in [0.25, 0.3) is 11.3 Å². The number of hydrogen-bond donors (Lipinski definition) is 3. The van der Waals surface area contributed by atoms with Crippen LogP contribution in [0.15, 0.2) is 36.8 Å². The molecular formula is C26H36N2O3. The molecule has 1 aromatic carbocycles. The Bertz CT molecular complexity index is 923. The number of nitrogens with zero attached hydrogens (tertiary/aromatic N) is 2. The second-order valence-corrected chi connectivity index (χ2v) is 10.4. The molecular weight excluding hydrogens is 388 g/mol. The lowest BCUT2D eigenvalue weighted by molar-refractivity contribution is -0.141.